The number of carbonyl (C=O) groups excluding carboxylic acids is 3. The number of hydrogen-bond donors (Lipinski definition) is 8. The largest absolute Gasteiger partial charge is 0.480 e. The lowest BCUT2D eigenvalue weighted by Gasteiger charge is -2.28. The molecule has 0 aromatic heterocycles. The van der Waals surface area contributed by atoms with Crippen LogP contribution >= 0.6 is 0 Å². The molecule has 14 heteroatoms. The smallest absolute Gasteiger partial charge is 0.326 e. The number of hydrogen-bond acceptors (Lipinski definition) is 8. The average molecular weight is 528 g/mol. The van der Waals surface area contributed by atoms with Gasteiger partial charge >= 0.3 is 5.97 Å². The van der Waals surface area contributed by atoms with Crippen LogP contribution in [-0.4, -0.2) is 90.0 Å². The monoisotopic (exact) mass is 527 g/mol. The summed E-state index contributed by atoms with van der Waals surface area (Å²) in [4.78, 5) is 56.1. The summed E-state index contributed by atoms with van der Waals surface area (Å²) >= 11 is 0. The minimum atomic E-state index is -1.17. The number of rotatable bonds is 18. The summed E-state index contributed by atoms with van der Waals surface area (Å²) in [6.07, 6.45) is 4.89. The van der Waals surface area contributed by atoms with Gasteiger partial charge in [-0.3, -0.25) is 19.4 Å². The number of nitrogens with two attached hydrogens (primary N) is 5. The van der Waals surface area contributed by atoms with Gasteiger partial charge < -0.3 is 49.3 Å². The van der Waals surface area contributed by atoms with Crippen LogP contribution in [0.15, 0.2) is 4.99 Å². The van der Waals surface area contributed by atoms with Crippen LogP contribution in [0.5, 0.6) is 0 Å². The van der Waals surface area contributed by atoms with Crippen LogP contribution in [0, 0.1) is 0 Å². The van der Waals surface area contributed by atoms with Gasteiger partial charge in [0, 0.05) is 13.1 Å². The number of unbranched alkanes of at least 4 members (excludes halogenated alkanes) is 2. The lowest BCUT2D eigenvalue weighted by atomic mass is 10.1. The summed E-state index contributed by atoms with van der Waals surface area (Å²) in [6, 6.07) is -3.65. The van der Waals surface area contributed by atoms with Gasteiger partial charge in [0.2, 0.25) is 17.7 Å². The fourth-order valence-electron chi connectivity index (χ4n) is 4.21. The number of aliphatic imine (C=N–C) groups is 1. The first-order valence-electron chi connectivity index (χ1n) is 13.0. The summed E-state index contributed by atoms with van der Waals surface area (Å²) in [6.45, 7) is 1.55. The second-order valence-corrected chi connectivity index (χ2v) is 9.27. The molecular weight excluding hydrogens is 482 g/mol. The number of guanidine groups is 1. The molecule has 3 amide bonds. The molecule has 0 spiro atoms. The zero-order valence-electron chi connectivity index (χ0n) is 21.6. The summed E-state index contributed by atoms with van der Waals surface area (Å²) in [5, 5.41) is 14.7. The number of carboxylic acids is 1. The first-order chi connectivity index (χ1) is 17.6. The molecule has 212 valence electrons. The van der Waals surface area contributed by atoms with Crippen molar-refractivity contribution in [2.45, 2.75) is 88.4 Å². The SMILES string of the molecule is NCCCC[C@H](NC(=O)[C@H](CCCN=C(N)N)NC(=O)[C@@H]1CCCN1C(=O)[C@@H](N)CCCCN)C(=O)O. The van der Waals surface area contributed by atoms with E-state index in [-0.39, 0.29) is 31.3 Å². The Kier molecular flexibility index (Phi) is 15.1. The Balaban J connectivity index is 2.90. The Morgan fingerprint density at radius 3 is 2.14 bits per heavy atom. The first kappa shape index (κ1) is 32.1. The molecule has 1 saturated heterocycles. The maximum absolute atomic E-state index is 13.2. The second-order valence-electron chi connectivity index (χ2n) is 9.27. The minimum Gasteiger partial charge on any atom is -0.480 e. The summed E-state index contributed by atoms with van der Waals surface area (Å²) in [5.41, 5.74) is 27.7. The molecule has 0 radical (unpaired) electrons. The van der Waals surface area contributed by atoms with Crippen molar-refractivity contribution in [2.75, 3.05) is 26.2 Å². The predicted molar refractivity (Wildman–Crippen MR) is 140 cm³/mol. The maximum atomic E-state index is 13.2. The van der Waals surface area contributed by atoms with E-state index in [0.717, 1.165) is 6.42 Å². The molecular formula is C23H45N9O5. The van der Waals surface area contributed by atoms with Crippen molar-refractivity contribution in [3.63, 3.8) is 0 Å². The van der Waals surface area contributed by atoms with E-state index in [1.165, 1.54) is 4.90 Å². The van der Waals surface area contributed by atoms with E-state index < -0.39 is 42.0 Å². The summed E-state index contributed by atoms with van der Waals surface area (Å²) in [7, 11) is 0. The molecule has 1 aliphatic rings. The molecule has 4 atom stereocenters. The number of carbonyl (C=O) groups is 4. The van der Waals surface area contributed by atoms with Gasteiger partial charge in [0.1, 0.15) is 18.1 Å². The molecule has 14 nitrogen and oxygen atoms in total. The maximum Gasteiger partial charge on any atom is 0.326 e. The summed E-state index contributed by atoms with van der Waals surface area (Å²) in [5.74, 6) is -2.70. The van der Waals surface area contributed by atoms with Crippen LogP contribution in [0.2, 0.25) is 0 Å². The molecule has 0 saturated carbocycles. The number of carboxylic acid groups (broad SMARTS) is 1. The van der Waals surface area contributed by atoms with E-state index >= 15 is 0 Å². The Labute approximate surface area is 218 Å². The molecule has 1 aliphatic heterocycles. The molecule has 0 unspecified atom stereocenters. The Morgan fingerprint density at radius 1 is 0.919 bits per heavy atom. The van der Waals surface area contributed by atoms with E-state index in [1.54, 1.807) is 0 Å². The van der Waals surface area contributed by atoms with Gasteiger partial charge in [-0.15, -0.1) is 0 Å². The third kappa shape index (κ3) is 11.7. The van der Waals surface area contributed by atoms with Crippen LogP contribution in [-0.2, 0) is 19.2 Å². The number of likely N-dealkylation sites (tertiary alicyclic amines) is 1. The van der Waals surface area contributed by atoms with Crippen molar-refractivity contribution in [1.82, 2.24) is 15.5 Å². The minimum absolute atomic E-state index is 0.0983. The Hall–Kier alpha value is -2.97. The van der Waals surface area contributed by atoms with Crippen molar-refractivity contribution in [1.29, 1.82) is 0 Å². The number of aliphatic carboxylic acids is 1. The topological polar surface area (TPSA) is 258 Å². The highest BCUT2D eigenvalue weighted by molar-refractivity contribution is 5.94. The van der Waals surface area contributed by atoms with Crippen molar-refractivity contribution in [2.24, 2.45) is 33.7 Å². The Morgan fingerprint density at radius 2 is 1.54 bits per heavy atom. The van der Waals surface area contributed by atoms with Gasteiger partial charge in [0.05, 0.1) is 6.04 Å². The molecule has 13 N–H and O–H groups in total. The average Bonchev–Trinajstić information content (AvgIpc) is 3.34. The first-order valence-corrected chi connectivity index (χ1v) is 13.0. The van der Waals surface area contributed by atoms with Crippen LogP contribution in [0.3, 0.4) is 0 Å². The highest BCUT2D eigenvalue weighted by Gasteiger charge is 2.37. The molecule has 1 heterocycles. The number of amides is 3. The molecule has 0 aromatic rings. The van der Waals surface area contributed by atoms with Gasteiger partial charge in [-0.2, -0.15) is 0 Å². The van der Waals surface area contributed by atoms with Gasteiger partial charge in [-0.05, 0) is 70.9 Å². The molecule has 1 fully saturated rings. The van der Waals surface area contributed by atoms with Crippen molar-refractivity contribution in [3.8, 4) is 0 Å². The van der Waals surface area contributed by atoms with Crippen LogP contribution in [0.1, 0.15) is 64.2 Å². The van der Waals surface area contributed by atoms with Gasteiger partial charge in [-0.25, -0.2) is 4.79 Å². The third-order valence-corrected chi connectivity index (χ3v) is 6.26. The van der Waals surface area contributed by atoms with Gasteiger partial charge in [-0.1, -0.05) is 6.42 Å². The predicted octanol–water partition coefficient (Wildman–Crippen LogP) is -2.33. The van der Waals surface area contributed by atoms with Gasteiger partial charge in [0.15, 0.2) is 5.96 Å². The van der Waals surface area contributed by atoms with E-state index in [2.05, 4.69) is 15.6 Å². The second kappa shape index (κ2) is 17.5. The van der Waals surface area contributed by atoms with E-state index in [0.29, 0.717) is 64.6 Å². The Bertz CT molecular complexity index is 776. The standard InChI is InChI=1S/C23H45N9O5/c24-11-3-1-7-15(26)21(35)32-14-6-10-18(32)20(34)30-16(9-5-13-29-23(27)28)19(33)31-17(22(36)37)8-2-4-12-25/h15-18H,1-14,24-26H2,(H,30,34)(H,31,33)(H,36,37)(H4,27,28,29)/t15-,16-,17-,18-/m0/s1. The van der Waals surface area contributed by atoms with Crippen molar-refractivity contribution in [3.05, 3.63) is 0 Å². The van der Waals surface area contributed by atoms with Crippen LogP contribution < -0.4 is 39.3 Å². The highest BCUT2D eigenvalue weighted by atomic mass is 16.4. The van der Waals surface area contributed by atoms with E-state index in [1.807, 2.05) is 0 Å². The highest BCUT2D eigenvalue weighted by Crippen LogP contribution is 2.20. The molecule has 0 aromatic carbocycles. The van der Waals surface area contributed by atoms with E-state index in [9.17, 15) is 24.3 Å². The number of nitrogens with one attached hydrogen (secondary N) is 2. The van der Waals surface area contributed by atoms with Crippen LogP contribution in [0.4, 0.5) is 0 Å². The fraction of sp³-hybridized carbons (Fsp3) is 0.783. The summed E-state index contributed by atoms with van der Waals surface area (Å²) < 4.78 is 0. The van der Waals surface area contributed by atoms with Gasteiger partial charge in [0.25, 0.3) is 0 Å². The molecule has 0 aliphatic carbocycles. The fourth-order valence-corrected chi connectivity index (χ4v) is 4.21. The van der Waals surface area contributed by atoms with Crippen molar-refractivity contribution < 1.29 is 24.3 Å². The number of nitrogens with zero attached hydrogens (tertiary/aromatic N) is 2. The third-order valence-electron chi connectivity index (χ3n) is 6.26. The van der Waals surface area contributed by atoms with E-state index in [4.69, 9.17) is 28.7 Å². The molecule has 37 heavy (non-hydrogen) atoms. The zero-order valence-corrected chi connectivity index (χ0v) is 21.6. The molecule has 0 bridgehead atoms. The normalized spacial score (nSPS) is 17.5. The van der Waals surface area contributed by atoms with Crippen LogP contribution in [0.25, 0.3) is 0 Å². The molecule has 1 rings (SSSR count). The zero-order chi connectivity index (χ0) is 27.8. The lowest BCUT2D eigenvalue weighted by Crippen LogP contribution is -2.56. The van der Waals surface area contributed by atoms with Crippen molar-refractivity contribution >= 4 is 29.7 Å². The lowest BCUT2D eigenvalue weighted by molar-refractivity contribution is -0.143. The quantitative estimate of drug-likeness (QED) is 0.0535.